The average Bonchev–Trinajstić information content (AvgIpc) is 3.17. The standard InChI is InChI=1S/C20H28N4O3/c25-18(21-9-6-16-4-2-1-3-5-16)17-14-22-19(23-15-17)24-10-7-20(8-11-24)26-12-13-27-20/h4,14-15H,1-3,5-13H2,(H,21,25). The molecule has 2 saturated heterocycles. The molecule has 1 aliphatic carbocycles. The first-order valence-electron chi connectivity index (χ1n) is 10.1. The van der Waals surface area contributed by atoms with Crippen molar-refractivity contribution in [3.05, 3.63) is 29.6 Å². The van der Waals surface area contributed by atoms with Gasteiger partial charge < -0.3 is 19.7 Å². The lowest BCUT2D eigenvalue weighted by molar-refractivity contribution is -0.169. The fourth-order valence-corrected chi connectivity index (χ4v) is 4.01. The number of amides is 1. The van der Waals surface area contributed by atoms with Crippen LogP contribution in [0.5, 0.6) is 0 Å². The number of allylic oxidation sites excluding steroid dienone is 1. The van der Waals surface area contributed by atoms with E-state index in [1.54, 1.807) is 12.4 Å². The van der Waals surface area contributed by atoms with Crippen LogP contribution in [0.3, 0.4) is 0 Å². The Morgan fingerprint density at radius 2 is 1.89 bits per heavy atom. The quantitative estimate of drug-likeness (QED) is 0.800. The molecule has 0 bridgehead atoms. The van der Waals surface area contributed by atoms with Gasteiger partial charge in [0, 0.05) is 44.9 Å². The minimum atomic E-state index is -0.399. The summed E-state index contributed by atoms with van der Waals surface area (Å²) in [5.74, 6) is 0.152. The zero-order chi connectivity index (χ0) is 18.5. The van der Waals surface area contributed by atoms with Gasteiger partial charge >= 0.3 is 0 Å². The van der Waals surface area contributed by atoms with Gasteiger partial charge in [-0.25, -0.2) is 9.97 Å². The van der Waals surface area contributed by atoms with Crippen LogP contribution in [0.2, 0.25) is 0 Å². The normalized spacial score (nSPS) is 21.9. The summed E-state index contributed by atoms with van der Waals surface area (Å²) in [5, 5.41) is 2.97. The smallest absolute Gasteiger partial charge is 0.254 e. The van der Waals surface area contributed by atoms with Crippen LogP contribution in [-0.2, 0) is 9.47 Å². The lowest BCUT2D eigenvalue weighted by Crippen LogP contribution is -2.45. The number of hydrogen-bond acceptors (Lipinski definition) is 6. The molecule has 1 N–H and O–H groups in total. The first-order chi connectivity index (χ1) is 13.2. The van der Waals surface area contributed by atoms with Crippen molar-refractivity contribution in [1.82, 2.24) is 15.3 Å². The summed E-state index contributed by atoms with van der Waals surface area (Å²) >= 11 is 0. The van der Waals surface area contributed by atoms with Gasteiger partial charge in [0.1, 0.15) is 0 Å². The van der Waals surface area contributed by atoms with E-state index in [0.717, 1.165) is 32.4 Å². The maximum absolute atomic E-state index is 12.3. The molecule has 3 heterocycles. The van der Waals surface area contributed by atoms with E-state index in [4.69, 9.17) is 9.47 Å². The van der Waals surface area contributed by atoms with Gasteiger partial charge in [-0.1, -0.05) is 11.6 Å². The first-order valence-corrected chi connectivity index (χ1v) is 10.1. The second-order valence-electron chi connectivity index (χ2n) is 7.48. The highest BCUT2D eigenvalue weighted by Gasteiger charge is 2.40. The number of anilines is 1. The summed E-state index contributed by atoms with van der Waals surface area (Å²) in [6, 6.07) is 0. The van der Waals surface area contributed by atoms with Crippen molar-refractivity contribution in [2.75, 3.05) is 37.7 Å². The highest BCUT2D eigenvalue weighted by atomic mass is 16.7. The number of carbonyl (C=O) groups excluding carboxylic acids is 1. The fourth-order valence-electron chi connectivity index (χ4n) is 4.01. The van der Waals surface area contributed by atoms with Crippen LogP contribution < -0.4 is 10.2 Å². The van der Waals surface area contributed by atoms with Crippen molar-refractivity contribution in [2.24, 2.45) is 0 Å². The molecule has 4 rings (SSSR count). The van der Waals surface area contributed by atoms with Crippen molar-refractivity contribution < 1.29 is 14.3 Å². The third kappa shape index (κ3) is 4.47. The van der Waals surface area contributed by atoms with Crippen LogP contribution >= 0.6 is 0 Å². The Labute approximate surface area is 160 Å². The first kappa shape index (κ1) is 18.4. The van der Waals surface area contributed by atoms with Gasteiger partial charge in [0.25, 0.3) is 5.91 Å². The van der Waals surface area contributed by atoms with Gasteiger partial charge in [-0.05, 0) is 32.1 Å². The Morgan fingerprint density at radius 3 is 2.56 bits per heavy atom. The number of carbonyl (C=O) groups is 1. The highest BCUT2D eigenvalue weighted by molar-refractivity contribution is 5.93. The highest BCUT2D eigenvalue weighted by Crippen LogP contribution is 2.32. The van der Waals surface area contributed by atoms with Crippen LogP contribution in [0, 0.1) is 0 Å². The van der Waals surface area contributed by atoms with E-state index in [1.807, 2.05) is 0 Å². The maximum atomic E-state index is 12.3. The van der Waals surface area contributed by atoms with Crippen molar-refractivity contribution in [1.29, 1.82) is 0 Å². The second kappa shape index (κ2) is 8.35. The molecule has 3 aliphatic rings. The van der Waals surface area contributed by atoms with E-state index >= 15 is 0 Å². The molecule has 0 aromatic carbocycles. The molecule has 7 heteroatoms. The molecule has 7 nitrogen and oxygen atoms in total. The molecule has 0 unspecified atom stereocenters. The van der Waals surface area contributed by atoms with Crippen molar-refractivity contribution in [2.45, 2.75) is 50.7 Å². The fraction of sp³-hybridized carbons (Fsp3) is 0.650. The van der Waals surface area contributed by atoms with Gasteiger partial charge in [-0.3, -0.25) is 4.79 Å². The van der Waals surface area contributed by atoms with E-state index in [-0.39, 0.29) is 5.91 Å². The van der Waals surface area contributed by atoms with Crippen LogP contribution in [-0.4, -0.2) is 54.5 Å². The van der Waals surface area contributed by atoms with E-state index in [0.29, 0.717) is 31.3 Å². The molecule has 2 aliphatic heterocycles. The Kier molecular flexibility index (Phi) is 5.69. The molecular formula is C20H28N4O3. The molecule has 0 saturated carbocycles. The Hall–Kier alpha value is -1.99. The molecule has 2 fully saturated rings. The third-order valence-electron chi connectivity index (χ3n) is 5.64. The predicted octanol–water partition coefficient (Wildman–Crippen LogP) is 2.44. The summed E-state index contributed by atoms with van der Waals surface area (Å²) in [6.45, 7) is 3.61. The number of hydrogen-bond donors (Lipinski definition) is 1. The van der Waals surface area contributed by atoms with Gasteiger partial charge in [-0.15, -0.1) is 0 Å². The molecule has 0 radical (unpaired) electrons. The predicted molar refractivity (Wildman–Crippen MR) is 102 cm³/mol. The Morgan fingerprint density at radius 1 is 1.15 bits per heavy atom. The van der Waals surface area contributed by atoms with Crippen molar-refractivity contribution in [3.63, 3.8) is 0 Å². The third-order valence-corrected chi connectivity index (χ3v) is 5.64. The molecular weight excluding hydrogens is 344 g/mol. The number of rotatable bonds is 5. The van der Waals surface area contributed by atoms with E-state index < -0.39 is 5.79 Å². The summed E-state index contributed by atoms with van der Waals surface area (Å²) in [6.07, 6.45) is 13.0. The molecule has 146 valence electrons. The van der Waals surface area contributed by atoms with Crippen LogP contribution in [0.4, 0.5) is 5.95 Å². The Balaban J connectivity index is 1.26. The molecule has 1 aromatic rings. The minimum Gasteiger partial charge on any atom is -0.352 e. The van der Waals surface area contributed by atoms with E-state index in [9.17, 15) is 4.79 Å². The van der Waals surface area contributed by atoms with Gasteiger partial charge in [0.15, 0.2) is 5.79 Å². The summed E-state index contributed by atoms with van der Waals surface area (Å²) < 4.78 is 11.5. The summed E-state index contributed by atoms with van der Waals surface area (Å²) in [5.41, 5.74) is 1.97. The van der Waals surface area contributed by atoms with Gasteiger partial charge in [-0.2, -0.15) is 0 Å². The lowest BCUT2D eigenvalue weighted by Gasteiger charge is -2.37. The number of aromatic nitrogens is 2. The number of ether oxygens (including phenoxy) is 2. The van der Waals surface area contributed by atoms with Crippen LogP contribution in [0.15, 0.2) is 24.0 Å². The minimum absolute atomic E-state index is 0.108. The summed E-state index contributed by atoms with van der Waals surface area (Å²) in [7, 11) is 0. The summed E-state index contributed by atoms with van der Waals surface area (Å²) in [4.78, 5) is 23.2. The van der Waals surface area contributed by atoms with Crippen LogP contribution in [0.1, 0.15) is 55.3 Å². The zero-order valence-corrected chi connectivity index (χ0v) is 15.8. The second-order valence-corrected chi connectivity index (χ2v) is 7.48. The average molecular weight is 372 g/mol. The van der Waals surface area contributed by atoms with E-state index in [1.165, 1.54) is 31.3 Å². The molecule has 1 spiro atoms. The molecule has 27 heavy (non-hydrogen) atoms. The number of piperidine rings is 1. The monoisotopic (exact) mass is 372 g/mol. The van der Waals surface area contributed by atoms with Gasteiger partial charge in [0.05, 0.1) is 18.8 Å². The number of nitrogens with zero attached hydrogens (tertiary/aromatic N) is 3. The number of nitrogens with one attached hydrogen (secondary N) is 1. The van der Waals surface area contributed by atoms with Crippen molar-refractivity contribution >= 4 is 11.9 Å². The largest absolute Gasteiger partial charge is 0.352 e. The molecule has 1 aromatic heterocycles. The van der Waals surface area contributed by atoms with Gasteiger partial charge in [0.2, 0.25) is 5.95 Å². The Bertz CT molecular complexity index is 673. The lowest BCUT2D eigenvalue weighted by atomic mass is 9.97. The molecule has 0 atom stereocenters. The van der Waals surface area contributed by atoms with Crippen molar-refractivity contribution in [3.8, 4) is 0 Å². The maximum Gasteiger partial charge on any atom is 0.254 e. The topological polar surface area (TPSA) is 76.6 Å². The van der Waals surface area contributed by atoms with E-state index in [2.05, 4.69) is 26.3 Å². The van der Waals surface area contributed by atoms with Crippen LogP contribution in [0.25, 0.3) is 0 Å². The zero-order valence-electron chi connectivity index (χ0n) is 15.8. The SMILES string of the molecule is O=C(NCCC1=CCCCC1)c1cnc(N2CCC3(CC2)OCCO3)nc1. The molecule has 1 amide bonds.